The molecule has 1 atom stereocenters. The van der Waals surface area contributed by atoms with E-state index >= 15 is 0 Å². The molecule has 0 fully saturated rings. The molecule has 166 valence electrons. The zero-order chi connectivity index (χ0) is 22.6. The smallest absolute Gasteiger partial charge is 0.272 e. The van der Waals surface area contributed by atoms with Gasteiger partial charge in [-0.15, -0.1) is 5.10 Å². The number of para-hydroxylation sites is 2. The topological polar surface area (TPSA) is 95.5 Å². The Hall–Kier alpha value is -4.40. The Bertz CT molecular complexity index is 1270. The highest BCUT2D eigenvalue weighted by Crippen LogP contribution is 2.31. The van der Waals surface area contributed by atoms with Crippen molar-refractivity contribution in [1.82, 2.24) is 25.1 Å². The van der Waals surface area contributed by atoms with Gasteiger partial charge >= 0.3 is 0 Å². The summed E-state index contributed by atoms with van der Waals surface area (Å²) in [5.41, 5.74) is 1.03. The normalized spacial score (nSPS) is 15.3. The Morgan fingerprint density at radius 3 is 2.67 bits per heavy atom. The Labute approximate surface area is 189 Å². The summed E-state index contributed by atoms with van der Waals surface area (Å²) in [6.07, 6.45) is 2.84. The Balaban J connectivity index is 1.42. The van der Waals surface area contributed by atoms with Gasteiger partial charge in [0, 0.05) is 18.7 Å². The number of carbonyl (C=O) groups excluding carboxylic acids is 1. The van der Waals surface area contributed by atoms with Crippen LogP contribution in [0.25, 0.3) is 23.2 Å². The van der Waals surface area contributed by atoms with Gasteiger partial charge in [0.1, 0.15) is 18.1 Å². The molecule has 1 aliphatic heterocycles. The SMILES string of the molecule is CN(CC1COc2ccccc2O1)C(=O)C(=Cc1ccco1)n1nnnc1-c1ccccc1. The fourth-order valence-corrected chi connectivity index (χ4v) is 3.58. The fraction of sp³-hybridized carbons (Fsp3) is 0.167. The van der Waals surface area contributed by atoms with Gasteiger partial charge in [-0.05, 0) is 34.7 Å². The first-order chi connectivity index (χ1) is 16.2. The van der Waals surface area contributed by atoms with Gasteiger partial charge in [0.05, 0.1) is 12.8 Å². The highest BCUT2D eigenvalue weighted by Gasteiger charge is 2.27. The maximum absolute atomic E-state index is 13.6. The second-order valence-corrected chi connectivity index (χ2v) is 7.51. The molecule has 0 spiro atoms. The molecule has 0 saturated carbocycles. The lowest BCUT2D eigenvalue weighted by Crippen LogP contribution is -2.42. The number of nitrogens with zero attached hydrogens (tertiary/aromatic N) is 5. The standard InChI is InChI=1S/C24H21N5O4/c1-28(15-19-16-32-21-11-5-6-12-22(21)33-19)24(30)20(14-18-10-7-13-31-18)29-23(25-26-27-29)17-8-3-2-4-9-17/h2-14,19H,15-16H2,1H3. The summed E-state index contributed by atoms with van der Waals surface area (Å²) in [5, 5.41) is 12.0. The number of hydrogen-bond acceptors (Lipinski definition) is 7. The monoisotopic (exact) mass is 443 g/mol. The first-order valence-electron chi connectivity index (χ1n) is 10.4. The number of likely N-dealkylation sites (N-methyl/N-ethyl adjacent to an activating group) is 1. The maximum Gasteiger partial charge on any atom is 0.272 e. The number of benzene rings is 2. The van der Waals surface area contributed by atoms with Gasteiger partial charge in [-0.25, -0.2) is 0 Å². The minimum absolute atomic E-state index is 0.244. The van der Waals surface area contributed by atoms with E-state index in [4.69, 9.17) is 13.9 Å². The Morgan fingerprint density at radius 1 is 1.09 bits per heavy atom. The molecular formula is C24H21N5O4. The molecule has 0 aliphatic carbocycles. The van der Waals surface area contributed by atoms with Crippen molar-refractivity contribution in [1.29, 1.82) is 0 Å². The molecule has 1 amide bonds. The zero-order valence-electron chi connectivity index (χ0n) is 17.9. The number of aromatic nitrogens is 4. The molecule has 0 saturated heterocycles. The van der Waals surface area contributed by atoms with Crippen molar-refractivity contribution in [3.05, 3.63) is 78.8 Å². The largest absolute Gasteiger partial charge is 0.486 e. The van der Waals surface area contributed by atoms with Crippen LogP contribution in [0.4, 0.5) is 0 Å². The van der Waals surface area contributed by atoms with Crippen LogP contribution in [-0.4, -0.2) is 57.3 Å². The molecule has 4 aromatic rings. The third-order valence-electron chi connectivity index (χ3n) is 5.16. The van der Waals surface area contributed by atoms with Crippen molar-refractivity contribution in [2.75, 3.05) is 20.2 Å². The van der Waals surface area contributed by atoms with Gasteiger partial charge in [-0.3, -0.25) is 4.79 Å². The van der Waals surface area contributed by atoms with E-state index < -0.39 is 0 Å². The van der Waals surface area contributed by atoms with E-state index in [-0.39, 0.29) is 17.7 Å². The van der Waals surface area contributed by atoms with Crippen molar-refractivity contribution in [3.8, 4) is 22.9 Å². The van der Waals surface area contributed by atoms with E-state index in [9.17, 15) is 4.79 Å². The van der Waals surface area contributed by atoms with Crippen molar-refractivity contribution in [2.45, 2.75) is 6.10 Å². The molecule has 2 aromatic heterocycles. The van der Waals surface area contributed by atoms with Crippen LogP contribution in [0.3, 0.4) is 0 Å². The molecule has 33 heavy (non-hydrogen) atoms. The molecule has 1 unspecified atom stereocenters. The summed E-state index contributed by atoms with van der Waals surface area (Å²) in [6.45, 7) is 0.650. The van der Waals surface area contributed by atoms with E-state index in [1.165, 1.54) is 4.68 Å². The number of carbonyl (C=O) groups is 1. The summed E-state index contributed by atoms with van der Waals surface area (Å²) < 4.78 is 18.7. The first-order valence-corrected chi connectivity index (χ1v) is 10.4. The number of fused-ring (bicyclic) bond motifs is 1. The predicted octanol–water partition coefficient (Wildman–Crippen LogP) is 3.23. The second-order valence-electron chi connectivity index (χ2n) is 7.51. The second kappa shape index (κ2) is 8.99. The number of hydrogen-bond donors (Lipinski definition) is 0. The molecule has 3 heterocycles. The number of tetrazole rings is 1. The average molecular weight is 443 g/mol. The molecule has 0 N–H and O–H groups in total. The molecular weight excluding hydrogens is 422 g/mol. The number of amides is 1. The lowest BCUT2D eigenvalue weighted by Gasteiger charge is -2.29. The van der Waals surface area contributed by atoms with Crippen LogP contribution in [0.15, 0.2) is 77.4 Å². The number of rotatable bonds is 6. The first kappa shape index (κ1) is 20.5. The third kappa shape index (κ3) is 4.33. The molecule has 9 nitrogen and oxygen atoms in total. The minimum atomic E-state index is -0.318. The van der Waals surface area contributed by atoms with Gasteiger partial charge in [0.15, 0.2) is 23.4 Å². The molecule has 1 aliphatic rings. The van der Waals surface area contributed by atoms with Gasteiger partial charge in [0.25, 0.3) is 5.91 Å². The molecule has 0 radical (unpaired) electrons. The summed E-state index contributed by atoms with van der Waals surface area (Å²) in [5.74, 6) is 2.02. The van der Waals surface area contributed by atoms with E-state index in [0.717, 1.165) is 5.56 Å². The van der Waals surface area contributed by atoms with Crippen LogP contribution < -0.4 is 9.47 Å². The van der Waals surface area contributed by atoms with Crippen LogP contribution in [0.1, 0.15) is 5.76 Å². The third-order valence-corrected chi connectivity index (χ3v) is 5.16. The molecule has 9 heteroatoms. The van der Waals surface area contributed by atoms with Crippen molar-refractivity contribution in [3.63, 3.8) is 0 Å². The predicted molar refractivity (Wildman–Crippen MR) is 120 cm³/mol. The Morgan fingerprint density at radius 2 is 1.88 bits per heavy atom. The van der Waals surface area contributed by atoms with Crippen LogP contribution in [0.5, 0.6) is 11.5 Å². The van der Waals surface area contributed by atoms with E-state index in [1.54, 1.807) is 36.4 Å². The van der Waals surface area contributed by atoms with Crippen LogP contribution in [0, 0.1) is 0 Å². The summed E-state index contributed by atoms with van der Waals surface area (Å²) >= 11 is 0. The highest BCUT2D eigenvalue weighted by atomic mass is 16.6. The zero-order valence-corrected chi connectivity index (χ0v) is 17.9. The lowest BCUT2D eigenvalue weighted by atomic mass is 10.2. The summed E-state index contributed by atoms with van der Waals surface area (Å²) in [4.78, 5) is 15.1. The molecule has 2 aromatic carbocycles. The van der Waals surface area contributed by atoms with Crippen molar-refractivity contribution < 1.29 is 18.7 Å². The van der Waals surface area contributed by atoms with Gasteiger partial charge in [-0.1, -0.05) is 42.5 Å². The summed E-state index contributed by atoms with van der Waals surface area (Å²) in [6, 6.07) is 20.4. The van der Waals surface area contributed by atoms with E-state index in [0.29, 0.717) is 36.2 Å². The average Bonchev–Trinajstić information content (AvgIpc) is 3.55. The molecule has 5 rings (SSSR count). The minimum Gasteiger partial charge on any atom is -0.486 e. The maximum atomic E-state index is 13.6. The Kier molecular flexibility index (Phi) is 5.59. The highest BCUT2D eigenvalue weighted by molar-refractivity contribution is 6.18. The van der Waals surface area contributed by atoms with E-state index in [1.807, 2.05) is 54.6 Å². The quantitative estimate of drug-likeness (QED) is 0.422. The summed E-state index contributed by atoms with van der Waals surface area (Å²) in [7, 11) is 1.70. The van der Waals surface area contributed by atoms with Gasteiger partial charge in [0.2, 0.25) is 0 Å². The van der Waals surface area contributed by atoms with Crippen molar-refractivity contribution in [2.24, 2.45) is 0 Å². The van der Waals surface area contributed by atoms with Gasteiger partial charge in [-0.2, -0.15) is 4.68 Å². The van der Waals surface area contributed by atoms with Crippen LogP contribution in [-0.2, 0) is 4.79 Å². The number of ether oxygens (including phenoxy) is 2. The number of furan rings is 1. The van der Waals surface area contributed by atoms with E-state index in [2.05, 4.69) is 15.5 Å². The van der Waals surface area contributed by atoms with Crippen molar-refractivity contribution >= 4 is 17.7 Å². The van der Waals surface area contributed by atoms with Gasteiger partial charge < -0.3 is 18.8 Å². The van der Waals surface area contributed by atoms with Crippen LogP contribution in [0.2, 0.25) is 0 Å². The molecule has 0 bridgehead atoms. The van der Waals surface area contributed by atoms with Crippen LogP contribution >= 0.6 is 0 Å². The lowest BCUT2D eigenvalue weighted by molar-refractivity contribution is -0.125. The fourth-order valence-electron chi connectivity index (χ4n) is 3.58.